The van der Waals surface area contributed by atoms with Crippen LogP contribution >= 0.6 is 11.6 Å². The molecule has 0 aliphatic rings. The molecule has 152 valence electrons. The molecule has 28 heavy (non-hydrogen) atoms. The number of halogens is 1. The first-order valence-electron chi connectivity index (χ1n) is 8.96. The molecule has 0 aliphatic carbocycles. The molecular formula is C20H26ClN3O3S. The molecule has 6 nitrogen and oxygen atoms in total. The maximum atomic E-state index is 11.5. The minimum absolute atomic E-state index is 0.309. The minimum Gasteiger partial charge on any atom is -0.492 e. The van der Waals surface area contributed by atoms with Crippen molar-refractivity contribution < 1.29 is 13.2 Å². The van der Waals surface area contributed by atoms with Gasteiger partial charge in [-0.25, -0.2) is 13.4 Å². The number of benzene rings is 2. The van der Waals surface area contributed by atoms with E-state index in [4.69, 9.17) is 16.3 Å². The summed E-state index contributed by atoms with van der Waals surface area (Å²) >= 11 is 5.87. The molecule has 0 saturated heterocycles. The fraction of sp³-hybridized carbons (Fsp3) is 0.350. The number of sulfone groups is 1. The predicted octanol–water partition coefficient (Wildman–Crippen LogP) is 3.22. The molecule has 0 heterocycles. The van der Waals surface area contributed by atoms with Crippen LogP contribution in [0.2, 0.25) is 5.02 Å². The lowest BCUT2D eigenvalue weighted by Crippen LogP contribution is -2.40. The monoisotopic (exact) mass is 423 g/mol. The number of nitrogens with zero attached hydrogens (tertiary/aromatic N) is 2. The molecule has 2 aromatic rings. The molecule has 2 rings (SSSR count). The van der Waals surface area contributed by atoms with Crippen molar-refractivity contribution in [1.82, 2.24) is 10.2 Å². The predicted molar refractivity (Wildman–Crippen MR) is 114 cm³/mol. The fourth-order valence-electron chi connectivity index (χ4n) is 2.42. The van der Waals surface area contributed by atoms with E-state index in [1.165, 1.54) is 6.26 Å². The van der Waals surface area contributed by atoms with Crippen molar-refractivity contribution in [2.45, 2.75) is 18.4 Å². The van der Waals surface area contributed by atoms with E-state index in [1.807, 2.05) is 31.0 Å². The van der Waals surface area contributed by atoms with E-state index in [1.54, 1.807) is 36.4 Å². The maximum absolute atomic E-state index is 11.5. The number of likely N-dealkylation sites (N-methyl/N-ethyl adjacent to an activating group) is 1. The molecule has 1 N–H and O–H groups in total. The number of hydrogen-bond donors (Lipinski definition) is 1. The van der Waals surface area contributed by atoms with Gasteiger partial charge >= 0.3 is 0 Å². The van der Waals surface area contributed by atoms with Gasteiger partial charge in [0.15, 0.2) is 15.8 Å². The topological polar surface area (TPSA) is 71.0 Å². The molecule has 0 aliphatic heterocycles. The Morgan fingerprint density at radius 2 is 1.79 bits per heavy atom. The third-order valence-electron chi connectivity index (χ3n) is 3.97. The van der Waals surface area contributed by atoms with E-state index >= 15 is 0 Å². The summed E-state index contributed by atoms with van der Waals surface area (Å²) in [6, 6.07) is 14.0. The summed E-state index contributed by atoms with van der Waals surface area (Å²) in [7, 11) is -1.24. The van der Waals surface area contributed by atoms with E-state index in [2.05, 4.69) is 10.3 Å². The Labute approximate surface area is 172 Å². The molecule has 0 atom stereocenters. The van der Waals surface area contributed by atoms with Crippen LogP contribution in [0.1, 0.15) is 12.5 Å². The van der Waals surface area contributed by atoms with Gasteiger partial charge < -0.3 is 15.0 Å². The van der Waals surface area contributed by atoms with Crippen LogP contribution in [0.15, 0.2) is 58.4 Å². The molecular weight excluding hydrogens is 398 g/mol. The quantitative estimate of drug-likeness (QED) is 0.521. The molecule has 2 aromatic carbocycles. The first kappa shape index (κ1) is 22.0. The highest BCUT2D eigenvalue weighted by molar-refractivity contribution is 7.90. The van der Waals surface area contributed by atoms with E-state index < -0.39 is 9.84 Å². The molecule has 0 radical (unpaired) electrons. The molecule has 0 saturated carbocycles. The van der Waals surface area contributed by atoms with Crippen LogP contribution in [0.25, 0.3) is 0 Å². The first-order valence-corrected chi connectivity index (χ1v) is 11.2. The van der Waals surface area contributed by atoms with Gasteiger partial charge in [0.1, 0.15) is 12.4 Å². The molecule has 0 aromatic heterocycles. The molecule has 8 heteroatoms. The van der Waals surface area contributed by atoms with Crippen molar-refractivity contribution in [2.24, 2.45) is 4.99 Å². The highest BCUT2D eigenvalue weighted by atomic mass is 35.5. The molecule has 0 fully saturated rings. The zero-order valence-electron chi connectivity index (χ0n) is 16.4. The van der Waals surface area contributed by atoms with Crippen molar-refractivity contribution in [1.29, 1.82) is 0 Å². The average Bonchev–Trinajstić information content (AvgIpc) is 2.66. The Hall–Kier alpha value is -2.25. The zero-order chi connectivity index (χ0) is 20.6. The lowest BCUT2D eigenvalue weighted by Gasteiger charge is -2.22. The third-order valence-corrected chi connectivity index (χ3v) is 5.35. The number of nitrogens with one attached hydrogen (secondary N) is 1. The Balaban J connectivity index is 1.93. The van der Waals surface area contributed by atoms with Crippen LogP contribution in [-0.2, 0) is 16.4 Å². The van der Waals surface area contributed by atoms with Gasteiger partial charge in [0, 0.05) is 24.9 Å². The number of rotatable bonds is 8. The van der Waals surface area contributed by atoms with Gasteiger partial charge in [0.25, 0.3) is 0 Å². The second-order valence-electron chi connectivity index (χ2n) is 6.31. The van der Waals surface area contributed by atoms with Gasteiger partial charge in [-0.2, -0.15) is 0 Å². The van der Waals surface area contributed by atoms with E-state index in [0.29, 0.717) is 29.6 Å². The van der Waals surface area contributed by atoms with Gasteiger partial charge in [-0.3, -0.25) is 0 Å². The molecule has 0 spiro atoms. The molecule has 0 bridgehead atoms. The van der Waals surface area contributed by atoms with Crippen molar-refractivity contribution in [3.05, 3.63) is 59.1 Å². The van der Waals surface area contributed by atoms with Crippen LogP contribution in [0.4, 0.5) is 0 Å². The number of aliphatic imine (C=N–C) groups is 1. The summed E-state index contributed by atoms with van der Waals surface area (Å²) in [5, 5.41) is 3.93. The van der Waals surface area contributed by atoms with Crippen LogP contribution in [0.5, 0.6) is 5.75 Å². The summed E-state index contributed by atoms with van der Waals surface area (Å²) in [4.78, 5) is 6.92. The van der Waals surface area contributed by atoms with Crippen LogP contribution in [0.3, 0.4) is 0 Å². The van der Waals surface area contributed by atoms with Crippen molar-refractivity contribution in [3.63, 3.8) is 0 Å². The Morgan fingerprint density at radius 1 is 1.14 bits per heavy atom. The third kappa shape index (κ3) is 7.05. The summed E-state index contributed by atoms with van der Waals surface area (Å²) < 4.78 is 28.8. The standard InChI is InChI=1S/C20H26ClN3O3S/c1-4-22-20(23-15-16-5-11-19(12-6-16)28(3,25)26)24(2)13-14-27-18-9-7-17(21)8-10-18/h5-12H,4,13-15H2,1-3H3,(H,22,23). The minimum atomic E-state index is -3.19. The highest BCUT2D eigenvalue weighted by Gasteiger charge is 2.08. The zero-order valence-corrected chi connectivity index (χ0v) is 17.9. The number of hydrogen-bond acceptors (Lipinski definition) is 4. The van der Waals surface area contributed by atoms with E-state index in [9.17, 15) is 8.42 Å². The summed E-state index contributed by atoms with van der Waals surface area (Å²) in [6.45, 7) is 4.37. The Bertz CT molecular complexity index is 882. The van der Waals surface area contributed by atoms with E-state index in [0.717, 1.165) is 23.8 Å². The van der Waals surface area contributed by atoms with Crippen molar-refractivity contribution >= 4 is 27.4 Å². The van der Waals surface area contributed by atoms with E-state index in [-0.39, 0.29) is 0 Å². The van der Waals surface area contributed by atoms with Crippen LogP contribution < -0.4 is 10.1 Å². The molecule has 0 amide bonds. The summed E-state index contributed by atoms with van der Waals surface area (Å²) in [5.74, 6) is 1.53. The smallest absolute Gasteiger partial charge is 0.194 e. The molecule has 0 unspecified atom stereocenters. The van der Waals surface area contributed by atoms with Crippen LogP contribution in [0, 0.1) is 0 Å². The van der Waals surface area contributed by atoms with Crippen LogP contribution in [-0.4, -0.2) is 52.3 Å². The SMILES string of the molecule is CCNC(=NCc1ccc(S(C)(=O)=O)cc1)N(C)CCOc1ccc(Cl)cc1. The average molecular weight is 424 g/mol. The largest absolute Gasteiger partial charge is 0.492 e. The summed E-state index contributed by atoms with van der Waals surface area (Å²) in [6.07, 6.45) is 1.20. The lowest BCUT2D eigenvalue weighted by atomic mass is 10.2. The first-order chi connectivity index (χ1) is 13.3. The van der Waals surface area contributed by atoms with Gasteiger partial charge in [-0.05, 0) is 48.9 Å². The second-order valence-corrected chi connectivity index (χ2v) is 8.76. The Kier molecular flexibility index (Phi) is 8.14. The maximum Gasteiger partial charge on any atom is 0.194 e. The summed E-state index contributed by atoms with van der Waals surface area (Å²) in [5.41, 5.74) is 0.939. The Morgan fingerprint density at radius 3 is 2.36 bits per heavy atom. The lowest BCUT2D eigenvalue weighted by molar-refractivity contribution is 0.281. The van der Waals surface area contributed by atoms with Gasteiger partial charge in [-0.1, -0.05) is 23.7 Å². The number of ether oxygens (including phenoxy) is 1. The highest BCUT2D eigenvalue weighted by Crippen LogP contribution is 2.15. The number of guanidine groups is 1. The van der Waals surface area contributed by atoms with Gasteiger partial charge in [0.2, 0.25) is 0 Å². The normalized spacial score (nSPS) is 11.9. The van der Waals surface area contributed by atoms with Crippen molar-refractivity contribution in [2.75, 3.05) is 33.0 Å². The fourth-order valence-corrected chi connectivity index (χ4v) is 3.17. The van der Waals surface area contributed by atoms with Gasteiger partial charge in [0.05, 0.1) is 18.0 Å². The van der Waals surface area contributed by atoms with Crippen molar-refractivity contribution in [3.8, 4) is 5.75 Å². The van der Waals surface area contributed by atoms with Gasteiger partial charge in [-0.15, -0.1) is 0 Å². The second kappa shape index (κ2) is 10.3.